The molecule has 1 heterocycles. The second-order valence-electron chi connectivity index (χ2n) is 6.75. The summed E-state index contributed by atoms with van der Waals surface area (Å²) in [5, 5.41) is 3.44. The first-order valence-corrected chi connectivity index (χ1v) is 9.44. The summed E-state index contributed by atoms with van der Waals surface area (Å²) in [6, 6.07) is 10.5. The fraction of sp³-hybridized carbons (Fsp3) is 0.600. The molecule has 1 aromatic rings. The summed E-state index contributed by atoms with van der Waals surface area (Å²) < 4.78 is 4.91. The molecular formula is C20H33IN4O2. The van der Waals surface area contributed by atoms with Crippen LogP contribution in [-0.4, -0.2) is 63.7 Å². The van der Waals surface area contributed by atoms with Crippen LogP contribution in [-0.2, 0) is 9.53 Å². The van der Waals surface area contributed by atoms with Gasteiger partial charge in [-0.2, -0.15) is 0 Å². The van der Waals surface area contributed by atoms with Crippen molar-refractivity contribution in [1.29, 1.82) is 0 Å². The van der Waals surface area contributed by atoms with E-state index in [2.05, 4.69) is 58.2 Å². The van der Waals surface area contributed by atoms with E-state index in [9.17, 15) is 4.79 Å². The SMILES string of the molecule is CCN(CCCNC(=NC)N1CC(C)C(C(=O)OC)C1)c1ccccc1.I. The first kappa shape index (κ1) is 23.5. The molecule has 1 aliphatic rings. The molecule has 0 saturated carbocycles. The Kier molecular flexibility index (Phi) is 10.5. The molecule has 0 aromatic heterocycles. The number of hydrogen-bond donors (Lipinski definition) is 1. The van der Waals surface area contributed by atoms with Crippen molar-refractivity contribution in [2.75, 3.05) is 51.8 Å². The van der Waals surface area contributed by atoms with Gasteiger partial charge in [0.25, 0.3) is 0 Å². The lowest BCUT2D eigenvalue weighted by molar-refractivity contribution is -0.145. The number of benzene rings is 1. The fourth-order valence-corrected chi connectivity index (χ4v) is 3.51. The quantitative estimate of drug-likeness (QED) is 0.210. The Morgan fingerprint density at radius 2 is 2.04 bits per heavy atom. The number of nitrogens with zero attached hydrogens (tertiary/aromatic N) is 3. The third-order valence-electron chi connectivity index (χ3n) is 5.02. The summed E-state index contributed by atoms with van der Waals surface area (Å²) in [6.45, 7) is 8.59. The number of likely N-dealkylation sites (tertiary alicyclic amines) is 1. The molecule has 152 valence electrons. The Morgan fingerprint density at radius 3 is 2.63 bits per heavy atom. The Hall–Kier alpha value is -1.51. The maximum Gasteiger partial charge on any atom is 0.310 e. The molecular weight excluding hydrogens is 455 g/mol. The number of esters is 1. The van der Waals surface area contributed by atoms with E-state index < -0.39 is 0 Å². The summed E-state index contributed by atoms with van der Waals surface area (Å²) in [4.78, 5) is 20.8. The van der Waals surface area contributed by atoms with Gasteiger partial charge in [-0.1, -0.05) is 25.1 Å². The molecule has 1 saturated heterocycles. The van der Waals surface area contributed by atoms with Gasteiger partial charge < -0.3 is 19.9 Å². The van der Waals surface area contributed by atoms with Crippen molar-refractivity contribution in [2.24, 2.45) is 16.8 Å². The zero-order valence-corrected chi connectivity index (χ0v) is 19.2. The van der Waals surface area contributed by atoms with E-state index in [1.165, 1.54) is 12.8 Å². The Bertz CT molecular complexity index is 597. The van der Waals surface area contributed by atoms with Gasteiger partial charge in [0.2, 0.25) is 0 Å². The molecule has 0 bridgehead atoms. The van der Waals surface area contributed by atoms with Crippen molar-refractivity contribution < 1.29 is 9.53 Å². The number of ether oxygens (including phenoxy) is 1. The number of anilines is 1. The molecule has 1 aromatic carbocycles. The standard InChI is InChI=1S/C20H32N4O2.HI/c1-5-23(17-10-7-6-8-11-17)13-9-12-22-20(21-3)24-14-16(2)18(15-24)19(25)26-4;/h6-8,10-11,16,18H,5,9,12-15H2,1-4H3,(H,21,22);1H. The average Bonchev–Trinajstić information content (AvgIpc) is 3.06. The van der Waals surface area contributed by atoms with Crippen LogP contribution < -0.4 is 10.2 Å². The topological polar surface area (TPSA) is 57.2 Å². The third kappa shape index (κ3) is 6.55. The molecule has 1 fully saturated rings. The third-order valence-corrected chi connectivity index (χ3v) is 5.02. The molecule has 0 aliphatic carbocycles. The van der Waals surface area contributed by atoms with E-state index in [0.717, 1.165) is 38.6 Å². The number of methoxy groups -OCH3 is 1. The van der Waals surface area contributed by atoms with E-state index in [0.29, 0.717) is 6.54 Å². The summed E-state index contributed by atoms with van der Waals surface area (Å²) in [5.74, 6) is 0.935. The molecule has 1 aliphatic heterocycles. The van der Waals surface area contributed by atoms with Crippen LogP contribution in [0, 0.1) is 11.8 Å². The van der Waals surface area contributed by atoms with Crippen molar-refractivity contribution in [3.8, 4) is 0 Å². The van der Waals surface area contributed by atoms with Gasteiger partial charge in [-0.25, -0.2) is 0 Å². The molecule has 27 heavy (non-hydrogen) atoms. The predicted molar refractivity (Wildman–Crippen MR) is 122 cm³/mol. The van der Waals surface area contributed by atoms with E-state index in [1.54, 1.807) is 7.05 Å². The number of hydrogen-bond acceptors (Lipinski definition) is 4. The van der Waals surface area contributed by atoms with Crippen molar-refractivity contribution >= 4 is 41.6 Å². The summed E-state index contributed by atoms with van der Waals surface area (Å²) in [6.07, 6.45) is 1.02. The highest BCUT2D eigenvalue weighted by atomic mass is 127. The number of carbonyl (C=O) groups excluding carboxylic acids is 1. The zero-order valence-electron chi connectivity index (χ0n) is 16.9. The number of rotatable bonds is 7. The first-order valence-electron chi connectivity index (χ1n) is 9.44. The lowest BCUT2D eigenvalue weighted by Gasteiger charge is -2.25. The van der Waals surface area contributed by atoms with Crippen LogP contribution in [0.5, 0.6) is 0 Å². The Morgan fingerprint density at radius 1 is 1.33 bits per heavy atom. The number of carbonyl (C=O) groups is 1. The normalized spacial score (nSPS) is 19.4. The number of nitrogens with one attached hydrogen (secondary N) is 1. The van der Waals surface area contributed by atoms with Crippen molar-refractivity contribution in [2.45, 2.75) is 20.3 Å². The summed E-state index contributed by atoms with van der Waals surface area (Å²) in [7, 11) is 3.25. The van der Waals surface area contributed by atoms with Gasteiger partial charge in [-0.05, 0) is 31.4 Å². The van der Waals surface area contributed by atoms with E-state index in [4.69, 9.17) is 4.74 Å². The molecule has 2 rings (SSSR count). The summed E-state index contributed by atoms with van der Waals surface area (Å²) in [5.41, 5.74) is 1.26. The Labute approximate surface area is 180 Å². The van der Waals surface area contributed by atoms with Gasteiger partial charge in [-0.3, -0.25) is 9.79 Å². The van der Waals surface area contributed by atoms with Gasteiger partial charge in [0, 0.05) is 45.5 Å². The van der Waals surface area contributed by atoms with Gasteiger partial charge in [0.15, 0.2) is 5.96 Å². The maximum atomic E-state index is 11.9. The maximum absolute atomic E-state index is 11.9. The van der Waals surface area contributed by atoms with E-state index in [-0.39, 0.29) is 41.8 Å². The van der Waals surface area contributed by atoms with Crippen LogP contribution in [0.4, 0.5) is 5.69 Å². The highest BCUT2D eigenvalue weighted by molar-refractivity contribution is 14.0. The zero-order chi connectivity index (χ0) is 18.9. The minimum absolute atomic E-state index is 0. The minimum Gasteiger partial charge on any atom is -0.469 e. The number of guanidine groups is 1. The first-order chi connectivity index (χ1) is 12.6. The summed E-state index contributed by atoms with van der Waals surface area (Å²) >= 11 is 0. The second-order valence-corrected chi connectivity index (χ2v) is 6.75. The Balaban J connectivity index is 0.00000364. The van der Waals surface area contributed by atoms with Crippen molar-refractivity contribution in [3.05, 3.63) is 30.3 Å². The molecule has 0 radical (unpaired) electrons. The highest BCUT2D eigenvalue weighted by Gasteiger charge is 2.36. The fourth-order valence-electron chi connectivity index (χ4n) is 3.51. The van der Waals surface area contributed by atoms with Crippen LogP contribution in [0.1, 0.15) is 20.3 Å². The lowest BCUT2D eigenvalue weighted by Crippen LogP contribution is -2.41. The molecule has 6 nitrogen and oxygen atoms in total. The predicted octanol–water partition coefficient (Wildman–Crippen LogP) is 2.84. The van der Waals surface area contributed by atoms with Gasteiger partial charge in [0.05, 0.1) is 13.0 Å². The van der Waals surface area contributed by atoms with Crippen LogP contribution in [0.2, 0.25) is 0 Å². The van der Waals surface area contributed by atoms with E-state index >= 15 is 0 Å². The molecule has 2 unspecified atom stereocenters. The van der Waals surface area contributed by atoms with Crippen LogP contribution in [0.3, 0.4) is 0 Å². The molecule has 0 amide bonds. The number of halogens is 1. The molecule has 1 N–H and O–H groups in total. The van der Waals surface area contributed by atoms with Crippen LogP contribution in [0.25, 0.3) is 0 Å². The largest absolute Gasteiger partial charge is 0.469 e. The highest BCUT2D eigenvalue weighted by Crippen LogP contribution is 2.24. The van der Waals surface area contributed by atoms with Crippen LogP contribution in [0.15, 0.2) is 35.3 Å². The van der Waals surface area contributed by atoms with E-state index in [1.807, 2.05) is 6.07 Å². The lowest BCUT2D eigenvalue weighted by atomic mass is 9.99. The second kappa shape index (κ2) is 12.0. The van der Waals surface area contributed by atoms with Crippen molar-refractivity contribution in [1.82, 2.24) is 10.2 Å². The molecule has 7 heteroatoms. The monoisotopic (exact) mass is 488 g/mol. The molecule has 2 atom stereocenters. The minimum atomic E-state index is -0.128. The average molecular weight is 488 g/mol. The molecule has 0 spiro atoms. The van der Waals surface area contributed by atoms with Crippen LogP contribution >= 0.6 is 24.0 Å². The smallest absolute Gasteiger partial charge is 0.310 e. The van der Waals surface area contributed by atoms with Gasteiger partial charge in [-0.15, -0.1) is 24.0 Å². The van der Waals surface area contributed by atoms with Crippen molar-refractivity contribution in [3.63, 3.8) is 0 Å². The number of para-hydroxylation sites is 1. The van der Waals surface area contributed by atoms with Gasteiger partial charge >= 0.3 is 5.97 Å². The number of aliphatic imine (C=N–C) groups is 1. The van der Waals surface area contributed by atoms with Gasteiger partial charge in [0.1, 0.15) is 0 Å².